The van der Waals surface area contributed by atoms with E-state index < -0.39 is 0 Å². The molecule has 4 heteroatoms. The minimum atomic E-state index is -0.200. The van der Waals surface area contributed by atoms with Gasteiger partial charge in [0, 0.05) is 35.8 Å². The van der Waals surface area contributed by atoms with Crippen LogP contribution in [0.5, 0.6) is 0 Å². The molecule has 31 heavy (non-hydrogen) atoms. The molecular formula is C27H32FN3. The fourth-order valence-electron chi connectivity index (χ4n) is 4.40. The standard InChI is InChI=1S/C27H32FN3/c1-6-20-9-7-8-10-24(20)29-19(3)21-15-18(2)16-22-23(28)17-25(30-26(21)22)31-13-11-27(4,5)12-14-31/h6-10,15-17,19,29H,1,11-14H2,2-5H3. The molecule has 1 saturated heterocycles. The number of benzene rings is 2. The van der Waals surface area contributed by atoms with Gasteiger partial charge in [-0.2, -0.15) is 0 Å². The van der Waals surface area contributed by atoms with Gasteiger partial charge in [0.2, 0.25) is 0 Å². The van der Waals surface area contributed by atoms with E-state index in [2.05, 4.69) is 43.6 Å². The molecule has 0 bridgehead atoms. The van der Waals surface area contributed by atoms with Gasteiger partial charge in [-0.05, 0) is 55.4 Å². The molecule has 0 aliphatic carbocycles. The summed E-state index contributed by atoms with van der Waals surface area (Å²) in [5.74, 6) is 0.540. The fraction of sp³-hybridized carbons (Fsp3) is 0.370. The van der Waals surface area contributed by atoms with Crippen LogP contribution in [0.1, 0.15) is 56.3 Å². The summed E-state index contributed by atoms with van der Waals surface area (Å²) in [4.78, 5) is 7.20. The Labute approximate surface area is 185 Å². The first-order valence-corrected chi connectivity index (χ1v) is 11.1. The van der Waals surface area contributed by atoms with Crippen LogP contribution in [0.2, 0.25) is 0 Å². The second-order valence-electron chi connectivity index (χ2n) is 9.52. The monoisotopic (exact) mass is 417 g/mol. The summed E-state index contributed by atoms with van der Waals surface area (Å²) in [6.07, 6.45) is 4.02. The van der Waals surface area contributed by atoms with Crippen molar-refractivity contribution < 1.29 is 4.39 Å². The van der Waals surface area contributed by atoms with E-state index in [0.29, 0.717) is 10.8 Å². The molecular weight excluding hydrogens is 385 g/mol. The minimum Gasteiger partial charge on any atom is -0.378 e. The third-order valence-corrected chi connectivity index (χ3v) is 6.48. The Balaban J connectivity index is 1.74. The second kappa shape index (κ2) is 8.33. The van der Waals surface area contributed by atoms with Gasteiger partial charge in [0.1, 0.15) is 11.6 Å². The van der Waals surface area contributed by atoms with Crippen LogP contribution in [0.3, 0.4) is 0 Å². The molecule has 0 saturated carbocycles. The number of aryl methyl sites for hydroxylation is 1. The number of rotatable bonds is 5. The van der Waals surface area contributed by atoms with Crippen molar-refractivity contribution in [3.8, 4) is 0 Å². The first-order chi connectivity index (χ1) is 14.8. The van der Waals surface area contributed by atoms with Crippen molar-refractivity contribution >= 4 is 28.5 Å². The summed E-state index contributed by atoms with van der Waals surface area (Å²) in [7, 11) is 0. The van der Waals surface area contributed by atoms with Crippen LogP contribution in [0.15, 0.2) is 49.0 Å². The average molecular weight is 418 g/mol. The molecule has 1 aliphatic heterocycles. The molecule has 1 N–H and O–H groups in total. The normalized spacial score (nSPS) is 16.9. The van der Waals surface area contributed by atoms with Crippen molar-refractivity contribution in [3.63, 3.8) is 0 Å². The lowest BCUT2D eigenvalue weighted by molar-refractivity contribution is 0.279. The third kappa shape index (κ3) is 4.43. The van der Waals surface area contributed by atoms with Crippen molar-refractivity contribution in [1.29, 1.82) is 0 Å². The van der Waals surface area contributed by atoms with Gasteiger partial charge in [-0.15, -0.1) is 0 Å². The Kier molecular flexibility index (Phi) is 5.74. The summed E-state index contributed by atoms with van der Waals surface area (Å²) >= 11 is 0. The van der Waals surface area contributed by atoms with Crippen molar-refractivity contribution in [2.45, 2.75) is 46.6 Å². The van der Waals surface area contributed by atoms with Crippen LogP contribution in [0.25, 0.3) is 17.0 Å². The van der Waals surface area contributed by atoms with E-state index in [4.69, 9.17) is 4.98 Å². The number of piperidine rings is 1. The van der Waals surface area contributed by atoms with E-state index in [1.165, 1.54) is 0 Å². The Morgan fingerprint density at radius 2 is 1.87 bits per heavy atom. The van der Waals surface area contributed by atoms with Gasteiger partial charge in [-0.25, -0.2) is 9.37 Å². The fourth-order valence-corrected chi connectivity index (χ4v) is 4.40. The van der Waals surface area contributed by atoms with E-state index in [1.54, 1.807) is 6.07 Å². The topological polar surface area (TPSA) is 28.2 Å². The van der Waals surface area contributed by atoms with Gasteiger partial charge in [0.05, 0.1) is 11.6 Å². The number of fused-ring (bicyclic) bond motifs is 1. The molecule has 4 rings (SSSR count). The summed E-state index contributed by atoms with van der Waals surface area (Å²) < 4.78 is 15.2. The number of para-hydroxylation sites is 1. The third-order valence-electron chi connectivity index (χ3n) is 6.48. The molecule has 3 nitrogen and oxygen atoms in total. The average Bonchev–Trinajstić information content (AvgIpc) is 2.74. The second-order valence-corrected chi connectivity index (χ2v) is 9.52. The first kappa shape index (κ1) is 21.4. The highest BCUT2D eigenvalue weighted by atomic mass is 19.1. The van der Waals surface area contributed by atoms with Crippen LogP contribution in [0.4, 0.5) is 15.9 Å². The highest BCUT2D eigenvalue weighted by molar-refractivity contribution is 5.86. The largest absolute Gasteiger partial charge is 0.378 e. The smallest absolute Gasteiger partial charge is 0.136 e. The summed E-state index contributed by atoms with van der Waals surface area (Å²) in [5.41, 5.74) is 5.16. The van der Waals surface area contributed by atoms with Gasteiger partial charge in [-0.1, -0.05) is 50.8 Å². The lowest BCUT2D eigenvalue weighted by atomic mass is 9.83. The zero-order valence-electron chi connectivity index (χ0n) is 19.0. The van der Waals surface area contributed by atoms with E-state index >= 15 is 4.39 Å². The highest BCUT2D eigenvalue weighted by Gasteiger charge is 2.27. The Morgan fingerprint density at radius 1 is 1.16 bits per heavy atom. The molecule has 3 aromatic rings. The number of halogens is 1. The van der Waals surface area contributed by atoms with Crippen LogP contribution in [-0.4, -0.2) is 18.1 Å². The zero-order valence-corrected chi connectivity index (χ0v) is 19.0. The van der Waals surface area contributed by atoms with Crippen LogP contribution in [0, 0.1) is 18.2 Å². The Morgan fingerprint density at radius 3 is 2.58 bits per heavy atom. The maximum Gasteiger partial charge on any atom is 0.136 e. The van der Waals surface area contributed by atoms with Crippen molar-refractivity contribution in [2.24, 2.45) is 5.41 Å². The molecule has 1 aliphatic rings. The molecule has 0 spiro atoms. The lowest BCUT2D eigenvalue weighted by Gasteiger charge is -2.37. The van der Waals surface area contributed by atoms with Crippen LogP contribution in [-0.2, 0) is 0 Å². The first-order valence-electron chi connectivity index (χ1n) is 11.1. The predicted molar refractivity (Wildman–Crippen MR) is 130 cm³/mol. The van der Waals surface area contributed by atoms with Crippen LogP contribution >= 0.6 is 0 Å². The molecule has 0 radical (unpaired) electrons. The molecule has 2 aromatic carbocycles. The number of hydrogen-bond acceptors (Lipinski definition) is 3. The highest BCUT2D eigenvalue weighted by Crippen LogP contribution is 2.35. The Hall–Kier alpha value is -2.88. The van der Waals surface area contributed by atoms with Gasteiger partial charge < -0.3 is 10.2 Å². The van der Waals surface area contributed by atoms with E-state index in [0.717, 1.165) is 59.6 Å². The molecule has 1 aromatic heterocycles. The van der Waals surface area contributed by atoms with Crippen molar-refractivity contribution in [1.82, 2.24) is 4.98 Å². The maximum atomic E-state index is 15.2. The van der Waals surface area contributed by atoms with Gasteiger partial charge in [0.15, 0.2) is 0 Å². The number of aromatic nitrogens is 1. The number of nitrogens with one attached hydrogen (secondary N) is 1. The van der Waals surface area contributed by atoms with E-state index in [-0.39, 0.29) is 11.9 Å². The lowest BCUT2D eigenvalue weighted by Crippen LogP contribution is -2.37. The molecule has 1 atom stereocenters. The SMILES string of the molecule is C=Cc1ccccc1NC(C)c1cc(C)cc2c(F)cc(N3CCC(C)(C)CC3)nc12. The number of nitrogens with zero attached hydrogens (tertiary/aromatic N) is 2. The quantitative estimate of drug-likeness (QED) is 0.479. The molecule has 1 unspecified atom stereocenters. The molecule has 2 heterocycles. The van der Waals surface area contributed by atoms with Gasteiger partial charge in [0.25, 0.3) is 0 Å². The Bertz CT molecular complexity index is 1110. The molecule has 1 fully saturated rings. The predicted octanol–water partition coefficient (Wildman–Crippen LogP) is 7.12. The zero-order chi connectivity index (χ0) is 22.2. The van der Waals surface area contributed by atoms with Gasteiger partial charge in [-0.3, -0.25) is 0 Å². The number of hydrogen-bond donors (Lipinski definition) is 1. The van der Waals surface area contributed by atoms with E-state index in [1.807, 2.05) is 43.3 Å². The van der Waals surface area contributed by atoms with Gasteiger partial charge >= 0.3 is 0 Å². The minimum absolute atomic E-state index is 0.0362. The number of anilines is 2. The van der Waals surface area contributed by atoms with Crippen molar-refractivity contribution in [3.05, 3.63) is 71.6 Å². The van der Waals surface area contributed by atoms with E-state index in [9.17, 15) is 0 Å². The molecule has 0 amide bonds. The molecule has 162 valence electrons. The maximum absolute atomic E-state index is 15.2. The van der Waals surface area contributed by atoms with Crippen molar-refractivity contribution in [2.75, 3.05) is 23.3 Å². The summed E-state index contributed by atoms with van der Waals surface area (Å²) in [5, 5.41) is 4.16. The number of pyridine rings is 1. The summed E-state index contributed by atoms with van der Waals surface area (Å²) in [6, 6.07) is 13.7. The summed E-state index contributed by atoms with van der Waals surface area (Å²) in [6.45, 7) is 14.4. The van der Waals surface area contributed by atoms with Crippen LogP contribution < -0.4 is 10.2 Å².